The molecule has 4 nitrogen and oxygen atoms in total. The molecule has 130 valence electrons. The van der Waals surface area contributed by atoms with E-state index in [0.29, 0.717) is 10.8 Å². The van der Waals surface area contributed by atoms with Crippen LogP contribution in [0.3, 0.4) is 0 Å². The van der Waals surface area contributed by atoms with Crippen LogP contribution in [0, 0.1) is 6.92 Å². The summed E-state index contributed by atoms with van der Waals surface area (Å²) in [6.45, 7) is 1.96. The fourth-order valence-corrected chi connectivity index (χ4v) is 3.65. The Kier molecular flexibility index (Phi) is 4.49. The zero-order valence-corrected chi connectivity index (χ0v) is 15.5. The van der Waals surface area contributed by atoms with E-state index in [-0.39, 0.29) is 12.3 Å². The summed E-state index contributed by atoms with van der Waals surface area (Å²) in [4.78, 5) is 16.8. The number of anilines is 1. The molecular formula is C20H15ClN2O2S. The molecular weight excluding hydrogens is 368 g/mol. The van der Waals surface area contributed by atoms with Gasteiger partial charge in [0.15, 0.2) is 5.76 Å². The fourth-order valence-electron chi connectivity index (χ4n) is 2.69. The largest absolute Gasteiger partial charge is 0.454 e. The highest BCUT2D eigenvalue weighted by Gasteiger charge is 2.13. The van der Waals surface area contributed by atoms with Gasteiger partial charge in [0.25, 0.3) is 0 Å². The monoisotopic (exact) mass is 382 g/mol. The lowest BCUT2D eigenvalue weighted by molar-refractivity contribution is -0.115. The maximum atomic E-state index is 12.3. The molecule has 0 aliphatic rings. The predicted molar refractivity (Wildman–Crippen MR) is 106 cm³/mol. The number of carbonyl (C=O) groups is 1. The van der Waals surface area contributed by atoms with Gasteiger partial charge in [0.1, 0.15) is 16.3 Å². The first kappa shape index (κ1) is 16.8. The number of carbonyl (C=O) groups excluding carboxylic acids is 1. The summed E-state index contributed by atoms with van der Waals surface area (Å²) in [6, 6.07) is 15.1. The standard InChI is InChI=1S/C20H15ClN2O2S/c1-12-4-2-3-5-15(12)22-19(24)10-20-23-16(11-26-20)18-9-13-8-14(21)6-7-17(13)25-18/h2-9,11H,10H2,1H3,(H,22,24). The summed E-state index contributed by atoms with van der Waals surface area (Å²) in [5.41, 5.74) is 3.34. The number of amides is 1. The van der Waals surface area contributed by atoms with Crippen molar-refractivity contribution in [2.75, 3.05) is 5.32 Å². The molecule has 0 bridgehead atoms. The quantitative estimate of drug-likeness (QED) is 0.492. The van der Waals surface area contributed by atoms with Crippen LogP contribution in [-0.2, 0) is 11.2 Å². The van der Waals surface area contributed by atoms with Crippen molar-refractivity contribution in [2.45, 2.75) is 13.3 Å². The molecule has 0 spiro atoms. The molecule has 2 heterocycles. The Balaban J connectivity index is 1.50. The van der Waals surface area contributed by atoms with E-state index in [9.17, 15) is 4.79 Å². The van der Waals surface area contributed by atoms with Crippen LogP contribution >= 0.6 is 22.9 Å². The van der Waals surface area contributed by atoms with Gasteiger partial charge in [-0.2, -0.15) is 0 Å². The van der Waals surface area contributed by atoms with E-state index in [0.717, 1.165) is 32.9 Å². The Morgan fingerprint density at radius 1 is 1.23 bits per heavy atom. The first-order valence-electron chi connectivity index (χ1n) is 8.08. The van der Waals surface area contributed by atoms with Crippen LogP contribution in [0.4, 0.5) is 5.69 Å². The van der Waals surface area contributed by atoms with E-state index < -0.39 is 0 Å². The minimum absolute atomic E-state index is 0.0865. The summed E-state index contributed by atoms with van der Waals surface area (Å²) in [5, 5.41) is 7.16. The second-order valence-corrected chi connectivity index (χ2v) is 7.34. The number of para-hydroxylation sites is 1. The number of furan rings is 1. The summed E-state index contributed by atoms with van der Waals surface area (Å²) < 4.78 is 5.82. The Morgan fingerprint density at radius 3 is 2.92 bits per heavy atom. The van der Waals surface area contributed by atoms with Gasteiger partial charge in [-0.1, -0.05) is 29.8 Å². The van der Waals surface area contributed by atoms with Gasteiger partial charge in [-0.05, 0) is 42.8 Å². The lowest BCUT2D eigenvalue weighted by atomic mass is 10.2. The molecule has 4 rings (SSSR count). The maximum absolute atomic E-state index is 12.3. The number of aryl methyl sites for hydroxylation is 1. The maximum Gasteiger partial charge on any atom is 0.231 e. The van der Waals surface area contributed by atoms with E-state index in [1.54, 1.807) is 6.07 Å². The Morgan fingerprint density at radius 2 is 2.08 bits per heavy atom. The molecule has 6 heteroatoms. The predicted octanol–water partition coefficient (Wildman–Crippen LogP) is 5.70. The molecule has 4 aromatic rings. The van der Waals surface area contributed by atoms with Gasteiger partial charge < -0.3 is 9.73 Å². The van der Waals surface area contributed by atoms with Crippen LogP contribution in [0.25, 0.3) is 22.4 Å². The first-order chi connectivity index (χ1) is 12.6. The third-order valence-corrected chi connectivity index (χ3v) is 5.10. The second-order valence-electron chi connectivity index (χ2n) is 5.96. The molecule has 1 N–H and O–H groups in total. The van der Waals surface area contributed by atoms with Gasteiger partial charge >= 0.3 is 0 Å². The third-order valence-electron chi connectivity index (χ3n) is 4.01. The average molecular weight is 383 g/mol. The van der Waals surface area contributed by atoms with E-state index in [1.807, 2.05) is 54.8 Å². The van der Waals surface area contributed by atoms with Crippen molar-refractivity contribution in [2.24, 2.45) is 0 Å². The molecule has 0 saturated carbocycles. The molecule has 2 aromatic heterocycles. The number of benzene rings is 2. The molecule has 26 heavy (non-hydrogen) atoms. The third kappa shape index (κ3) is 3.49. The highest BCUT2D eigenvalue weighted by molar-refractivity contribution is 7.10. The number of halogens is 1. The number of hydrogen-bond acceptors (Lipinski definition) is 4. The molecule has 0 radical (unpaired) electrons. The number of nitrogens with zero attached hydrogens (tertiary/aromatic N) is 1. The van der Waals surface area contributed by atoms with E-state index in [1.165, 1.54) is 11.3 Å². The van der Waals surface area contributed by atoms with Crippen LogP contribution in [0.15, 0.2) is 58.3 Å². The number of aromatic nitrogens is 1. The average Bonchev–Trinajstić information content (AvgIpc) is 3.23. The molecule has 1 amide bonds. The summed E-state index contributed by atoms with van der Waals surface area (Å²) in [5.74, 6) is 0.584. The molecule has 0 aliphatic carbocycles. The Labute approximate surface area is 159 Å². The normalized spacial score (nSPS) is 11.0. The van der Waals surface area contributed by atoms with E-state index in [4.69, 9.17) is 16.0 Å². The van der Waals surface area contributed by atoms with Crippen LogP contribution in [0.1, 0.15) is 10.6 Å². The zero-order valence-electron chi connectivity index (χ0n) is 14.0. The van der Waals surface area contributed by atoms with Crippen molar-refractivity contribution in [3.63, 3.8) is 0 Å². The minimum atomic E-state index is -0.0865. The first-order valence-corrected chi connectivity index (χ1v) is 9.33. The van der Waals surface area contributed by atoms with Gasteiger partial charge in [-0.15, -0.1) is 11.3 Å². The van der Waals surface area contributed by atoms with Crippen molar-refractivity contribution in [3.05, 3.63) is 69.5 Å². The summed E-state index contributed by atoms with van der Waals surface area (Å²) >= 11 is 7.46. The van der Waals surface area contributed by atoms with Crippen LogP contribution in [-0.4, -0.2) is 10.9 Å². The number of thiazole rings is 1. The molecule has 0 aliphatic heterocycles. The number of hydrogen-bond donors (Lipinski definition) is 1. The van der Waals surface area contributed by atoms with Crippen LogP contribution < -0.4 is 5.32 Å². The van der Waals surface area contributed by atoms with Crippen LogP contribution in [0.5, 0.6) is 0 Å². The summed E-state index contributed by atoms with van der Waals surface area (Å²) in [7, 11) is 0. The van der Waals surface area contributed by atoms with Crippen LogP contribution in [0.2, 0.25) is 5.02 Å². The molecule has 0 unspecified atom stereocenters. The smallest absolute Gasteiger partial charge is 0.231 e. The molecule has 0 saturated heterocycles. The van der Waals surface area contributed by atoms with Crippen molar-refractivity contribution < 1.29 is 9.21 Å². The zero-order chi connectivity index (χ0) is 18.1. The fraction of sp³-hybridized carbons (Fsp3) is 0.100. The van der Waals surface area contributed by atoms with Crippen molar-refractivity contribution >= 4 is 45.5 Å². The Hall–Kier alpha value is -2.63. The van der Waals surface area contributed by atoms with Crippen molar-refractivity contribution in [1.29, 1.82) is 0 Å². The number of nitrogens with one attached hydrogen (secondary N) is 1. The Bertz CT molecular complexity index is 1100. The van der Waals surface area contributed by atoms with Gasteiger partial charge in [0.05, 0.1) is 6.42 Å². The van der Waals surface area contributed by atoms with Gasteiger partial charge in [-0.3, -0.25) is 4.79 Å². The van der Waals surface area contributed by atoms with E-state index >= 15 is 0 Å². The highest BCUT2D eigenvalue weighted by Crippen LogP contribution is 2.30. The SMILES string of the molecule is Cc1ccccc1NC(=O)Cc1nc(-c2cc3cc(Cl)ccc3o2)cs1. The number of rotatable bonds is 4. The molecule has 0 fully saturated rings. The van der Waals surface area contributed by atoms with Crippen molar-refractivity contribution in [3.8, 4) is 11.5 Å². The minimum Gasteiger partial charge on any atom is -0.454 e. The van der Waals surface area contributed by atoms with Crippen molar-refractivity contribution in [1.82, 2.24) is 4.98 Å². The molecule has 2 aromatic carbocycles. The topological polar surface area (TPSA) is 55.1 Å². The van der Waals surface area contributed by atoms with E-state index in [2.05, 4.69) is 10.3 Å². The second kappa shape index (κ2) is 6.94. The number of fused-ring (bicyclic) bond motifs is 1. The van der Waals surface area contributed by atoms with Gasteiger partial charge in [0, 0.05) is 21.5 Å². The lowest BCUT2D eigenvalue weighted by Gasteiger charge is -2.06. The summed E-state index contributed by atoms with van der Waals surface area (Å²) in [6.07, 6.45) is 0.227. The molecule has 0 atom stereocenters. The highest BCUT2D eigenvalue weighted by atomic mass is 35.5. The van der Waals surface area contributed by atoms with Gasteiger partial charge in [-0.25, -0.2) is 4.98 Å². The van der Waals surface area contributed by atoms with Gasteiger partial charge in [0.2, 0.25) is 5.91 Å². The lowest BCUT2D eigenvalue weighted by Crippen LogP contribution is -2.14.